The van der Waals surface area contributed by atoms with Crippen LogP contribution in [0.1, 0.15) is 20.8 Å². The van der Waals surface area contributed by atoms with Crippen molar-refractivity contribution in [1.29, 1.82) is 0 Å². The van der Waals surface area contributed by atoms with Crippen LogP contribution < -0.4 is 5.32 Å². The first-order valence-corrected chi connectivity index (χ1v) is 5.73. The zero-order valence-electron chi connectivity index (χ0n) is 10.5. The molecule has 4 heteroatoms. The average molecular weight is 226 g/mol. The molecule has 1 aliphatic rings. The van der Waals surface area contributed by atoms with Crippen LogP contribution in [0.3, 0.4) is 0 Å². The van der Waals surface area contributed by atoms with E-state index in [0.29, 0.717) is 6.54 Å². The van der Waals surface area contributed by atoms with Crippen LogP contribution in [-0.4, -0.2) is 48.7 Å². The molecule has 0 radical (unpaired) electrons. The van der Waals surface area contributed by atoms with Gasteiger partial charge in [0.1, 0.15) is 6.61 Å². The van der Waals surface area contributed by atoms with Crippen LogP contribution in [-0.2, 0) is 9.53 Å². The number of carbonyl (C=O) groups is 1. The van der Waals surface area contributed by atoms with Crippen molar-refractivity contribution in [3.8, 4) is 0 Å². The van der Waals surface area contributed by atoms with Crippen molar-refractivity contribution in [2.45, 2.75) is 32.4 Å². The third-order valence-corrected chi connectivity index (χ3v) is 2.81. The quantitative estimate of drug-likeness (QED) is 0.681. The Balaban J connectivity index is 2.39. The minimum Gasteiger partial charge on any atom is -0.363 e. The highest BCUT2D eigenvalue weighted by atomic mass is 16.5. The summed E-state index contributed by atoms with van der Waals surface area (Å²) in [6.45, 7) is 12.0. The first kappa shape index (κ1) is 13.2. The van der Waals surface area contributed by atoms with Crippen LogP contribution in [0.15, 0.2) is 12.7 Å². The molecule has 0 atom stereocenters. The lowest BCUT2D eigenvalue weighted by Gasteiger charge is -2.39. The van der Waals surface area contributed by atoms with E-state index in [4.69, 9.17) is 4.74 Å². The van der Waals surface area contributed by atoms with E-state index in [1.807, 2.05) is 20.8 Å². The minimum atomic E-state index is -0.160. The maximum atomic E-state index is 11.9. The van der Waals surface area contributed by atoms with Crippen LogP contribution in [0, 0.1) is 0 Å². The molecular formula is C12H22N2O2. The molecule has 1 saturated heterocycles. The van der Waals surface area contributed by atoms with Crippen LogP contribution in [0.4, 0.5) is 0 Å². The van der Waals surface area contributed by atoms with E-state index in [0.717, 1.165) is 13.1 Å². The van der Waals surface area contributed by atoms with Gasteiger partial charge in [-0.2, -0.15) is 0 Å². The van der Waals surface area contributed by atoms with Gasteiger partial charge in [0, 0.05) is 25.7 Å². The number of ether oxygens (including phenoxy) is 1. The Morgan fingerprint density at radius 1 is 1.62 bits per heavy atom. The molecule has 0 aromatic carbocycles. The van der Waals surface area contributed by atoms with E-state index < -0.39 is 0 Å². The highest BCUT2D eigenvalue weighted by molar-refractivity contribution is 5.78. The molecule has 4 nitrogen and oxygen atoms in total. The summed E-state index contributed by atoms with van der Waals surface area (Å²) in [6.07, 6.45) is 1.74. The number of rotatable bonds is 6. The van der Waals surface area contributed by atoms with Gasteiger partial charge < -0.3 is 15.0 Å². The Morgan fingerprint density at radius 3 is 2.62 bits per heavy atom. The third-order valence-electron chi connectivity index (χ3n) is 2.81. The molecule has 1 heterocycles. The Morgan fingerprint density at radius 2 is 2.25 bits per heavy atom. The van der Waals surface area contributed by atoms with Gasteiger partial charge in [0.25, 0.3) is 0 Å². The molecular weight excluding hydrogens is 204 g/mol. The summed E-state index contributed by atoms with van der Waals surface area (Å²) >= 11 is 0. The fraction of sp³-hybridized carbons (Fsp3) is 0.750. The van der Waals surface area contributed by atoms with Crippen molar-refractivity contribution in [2.75, 3.05) is 26.2 Å². The summed E-state index contributed by atoms with van der Waals surface area (Å²) in [5, 5.41) is 3.14. The van der Waals surface area contributed by atoms with Crippen molar-refractivity contribution in [3.63, 3.8) is 0 Å². The second-order valence-corrected chi connectivity index (χ2v) is 4.77. The Bertz CT molecular complexity index is 260. The standard InChI is InChI=1S/C12H22N2O2/c1-5-6-14(10(2)3)11(15)7-16-12(4)8-13-9-12/h5,10,13H,1,6-9H2,2-4H3. The summed E-state index contributed by atoms with van der Waals surface area (Å²) < 4.78 is 5.62. The van der Waals surface area contributed by atoms with E-state index in [1.54, 1.807) is 11.0 Å². The lowest BCUT2D eigenvalue weighted by molar-refractivity contribution is -0.147. The van der Waals surface area contributed by atoms with E-state index in [-0.39, 0.29) is 24.2 Å². The van der Waals surface area contributed by atoms with Gasteiger partial charge in [-0.3, -0.25) is 4.79 Å². The van der Waals surface area contributed by atoms with Gasteiger partial charge in [-0.05, 0) is 20.8 Å². The zero-order valence-corrected chi connectivity index (χ0v) is 10.5. The summed E-state index contributed by atoms with van der Waals surface area (Å²) in [4.78, 5) is 13.7. The molecule has 0 aromatic heterocycles. The number of hydrogen-bond acceptors (Lipinski definition) is 3. The zero-order chi connectivity index (χ0) is 12.2. The second kappa shape index (κ2) is 5.46. The van der Waals surface area contributed by atoms with Gasteiger partial charge in [0.05, 0.1) is 5.60 Å². The van der Waals surface area contributed by atoms with Gasteiger partial charge >= 0.3 is 0 Å². The number of hydrogen-bond donors (Lipinski definition) is 1. The molecule has 1 rings (SSSR count). The minimum absolute atomic E-state index is 0.0306. The molecule has 16 heavy (non-hydrogen) atoms. The third kappa shape index (κ3) is 3.32. The SMILES string of the molecule is C=CCN(C(=O)COC1(C)CNC1)C(C)C. The lowest BCUT2D eigenvalue weighted by Crippen LogP contribution is -2.59. The first-order chi connectivity index (χ1) is 7.48. The van der Waals surface area contributed by atoms with E-state index >= 15 is 0 Å². The highest BCUT2D eigenvalue weighted by Crippen LogP contribution is 2.15. The van der Waals surface area contributed by atoms with Gasteiger partial charge in [-0.15, -0.1) is 6.58 Å². The second-order valence-electron chi connectivity index (χ2n) is 4.77. The number of nitrogens with zero attached hydrogens (tertiary/aromatic N) is 1. The molecule has 0 unspecified atom stereocenters. The molecule has 0 saturated carbocycles. The lowest BCUT2D eigenvalue weighted by atomic mass is 10.0. The average Bonchev–Trinajstić information content (AvgIpc) is 2.19. The molecule has 0 aliphatic carbocycles. The molecule has 1 amide bonds. The molecule has 1 N–H and O–H groups in total. The summed E-state index contributed by atoms with van der Waals surface area (Å²) in [5.41, 5.74) is -0.160. The number of nitrogens with one attached hydrogen (secondary N) is 1. The predicted octanol–water partition coefficient (Wildman–Crippen LogP) is 0.788. The maximum absolute atomic E-state index is 11.9. The Labute approximate surface area is 97.6 Å². The summed E-state index contributed by atoms with van der Waals surface area (Å²) in [5.74, 6) is 0.0306. The molecule has 0 spiro atoms. The molecule has 92 valence electrons. The van der Waals surface area contributed by atoms with Gasteiger partial charge in [-0.25, -0.2) is 0 Å². The predicted molar refractivity (Wildman–Crippen MR) is 64.3 cm³/mol. The molecule has 0 aromatic rings. The van der Waals surface area contributed by atoms with E-state index in [9.17, 15) is 4.79 Å². The first-order valence-electron chi connectivity index (χ1n) is 5.73. The topological polar surface area (TPSA) is 41.6 Å². The fourth-order valence-corrected chi connectivity index (χ4v) is 1.64. The van der Waals surface area contributed by atoms with E-state index in [2.05, 4.69) is 11.9 Å². The van der Waals surface area contributed by atoms with Crippen LogP contribution >= 0.6 is 0 Å². The normalized spacial score (nSPS) is 18.0. The summed E-state index contributed by atoms with van der Waals surface area (Å²) in [7, 11) is 0. The Hall–Kier alpha value is -0.870. The molecule has 1 aliphatic heterocycles. The maximum Gasteiger partial charge on any atom is 0.249 e. The fourth-order valence-electron chi connectivity index (χ4n) is 1.64. The van der Waals surface area contributed by atoms with Crippen molar-refractivity contribution < 1.29 is 9.53 Å². The van der Waals surface area contributed by atoms with Crippen LogP contribution in [0.5, 0.6) is 0 Å². The largest absolute Gasteiger partial charge is 0.363 e. The van der Waals surface area contributed by atoms with Crippen molar-refractivity contribution >= 4 is 5.91 Å². The Kier molecular flexibility index (Phi) is 4.50. The number of carbonyl (C=O) groups excluding carboxylic acids is 1. The van der Waals surface area contributed by atoms with Crippen molar-refractivity contribution in [2.24, 2.45) is 0 Å². The number of amides is 1. The smallest absolute Gasteiger partial charge is 0.249 e. The van der Waals surface area contributed by atoms with Gasteiger partial charge in [0.15, 0.2) is 0 Å². The van der Waals surface area contributed by atoms with Crippen molar-refractivity contribution in [3.05, 3.63) is 12.7 Å². The molecule has 0 bridgehead atoms. The summed E-state index contributed by atoms with van der Waals surface area (Å²) in [6, 6.07) is 0.182. The van der Waals surface area contributed by atoms with Crippen LogP contribution in [0.2, 0.25) is 0 Å². The monoisotopic (exact) mass is 226 g/mol. The van der Waals surface area contributed by atoms with E-state index in [1.165, 1.54) is 0 Å². The highest BCUT2D eigenvalue weighted by Gasteiger charge is 2.33. The molecule has 1 fully saturated rings. The van der Waals surface area contributed by atoms with Crippen LogP contribution in [0.25, 0.3) is 0 Å². The van der Waals surface area contributed by atoms with Gasteiger partial charge in [0.2, 0.25) is 5.91 Å². The van der Waals surface area contributed by atoms with Gasteiger partial charge in [-0.1, -0.05) is 6.08 Å². The van der Waals surface area contributed by atoms with Crippen molar-refractivity contribution in [1.82, 2.24) is 10.2 Å².